The van der Waals surface area contributed by atoms with Gasteiger partial charge in [0.1, 0.15) is 24.6 Å². The van der Waals surface area contributed by atoms with Gasteiger partial charge in [-0.25, -0.2) is 0 Å². The minimum atomic E-state index is -1.22. The van der Waals surface area contributed by atoms with Crippen LogP contribution in [0.4, 0.5) is 0 Å². The molecule has 0 radical (unpaired) electrons. The number of carbonyl (C=O) groups excluding carboxylic acids is 2. The summed E-state index contributed by atoms with van der Waals surface area (Å²) in [6, 6.07) is 19.8. The van der Waals surface area contributed by atoms with E-state index in [0.717, 1.165) is 59.1 Å². The number of phenols is 1. The van der Waals surface area contributed by atoms with Gasteiger partial charge in [0.05, 0.1) is 30.5 Å². The molecule has 3 aromatic carbocycles. The zero-order valence-electron chi connectivity index (χ0n) is 43.3. The van der Waals surface area contributed by atoms with Gasteiger partial charge >= 0.3 is 0 Å². The van der Waals surface area contributed by atoms with E-state index in [1.165, 1.54) is 5.57 Å². The molecular formula is C63H77N3O8. The molecule has 9 N–H and O–H groups in total. The van der Waals surface area contributed by atoms with Crippen LogP contribution in [-0.4, -0.2) is 80.9 Å². The number of ether oxygens (including phenoxy) is 1. The van der Waals surface area contributed by atoms with Gasteiger partial charge in [0.15, 0.2) is 5.78 Å². The molecule has 3 fully saturated rings. The summed E-state index contributed by atoms with van der Waals surface area (Å²) in [4.78, 5) is 29.2. The number of hydrogen-bond donors (Lipinski definition) is 8. The number of benzene rings is 3. The van der Waals surface area contributed by atoms with Crippen LogP contribution >= 0.6 is 0 Å². The number of aliphatic hydroxyl groups excluding tert-OH is 3. The molecule has 11 atom stereocenters. The Morgan fingerprint density at radius 3 is 2.53 bits per heavy atom. The number of amides is 1. The number of allylic oxidation sites excluding steroid dienone is 8. The van der Waals surface area contributed by atoms with Crippen LogP contribution in [-0.2, 0) is 40.0 Å². The van der Waals surface area contributed by atoms with E-state index in [9.17, 15) is 30.3 Å². The normalized spacial score (nSPS) is 32.6. The number of nitrogens with one attached hydrogen (secondary N) is 2. The Morgan fingerprint density at radius 2 is 1.72 bits per heavy atom. The lowest BCUT2D eigenvalue weighted by molar-refractivity contribution is -0.216. The van der Waals surface area contributed by atoms with Gasteiger partial charge in [0, 0.05) is 30.7 Å². The van der Waals surface area contributed by atoms with Crippen molar-refractivity contribution in [2.24, 2.45) is 34.8 Å². The number of rotatable bonds is 3. The Morgan fingerprint density at radius 1 is 0.932 bits per heavy atom. The highest BCUT2D eigenvalue weighted by Crippen LogP contribution is 2.69. The van der Waals surface area contributed by atoms with Gasteiger partial charge in [-0.3, -0.25) is 14.9 Å². The van der Waals surface area contributed by atoms with Crippen molar-refractivity contribution in [3.05, 3.63) is 159 Å². The van der Waals surface area contributed by atoms with Crippen molar-refractivity contribution in [1.82, 2.24) is 10.6 Å². The largest absolute Gasteiger partial charge is 0.508 e. The second kappa shape index (κ2) is 23.2. The van der Waals surface area contributed by atoms with E-state index in [1.54, 1.807) is 12.1 Å². The quantitative estimate of drug-likeness (QED) is 0.0937. The first-order chi connectivity index (χ1) is 35.6. The summed E-state index contributed by atoms with van der Waals surface area (Å²) >= 11 is 0. The number of β-amino-alcohol motifs (C(OH)–C–C–N with tert-alkyl or cyclic N) is 1. The molecular weight excluding hydrogens is 927 g/mol. The fourth-order valence-electron chi connectivity index (χ4n) is 14.1. The molecule has 0 aromatic heterocycles. The minimum Gasteiger partial charge on any atom is -0.508 e. The summed E-state index contributed by atoms with van der Waals surface area (Å²) in [6.07, 6.45) is 13.1. The van der Waals surface area contributed by atoms with Gasteiger partial charge in [-0.15, -0.1) is 0 Å². The van der Waals surface area contributed by atoms with Crippen molar-refractivity contribution in [3.8, 4) is 17.6 Å². The van der Waals surface area contributed by atoms with Crippen molar-refractivity contribution < 1.29 is 39.9 Å². The lowest BCUT2D eigenvalue weighted by Crippen LogP contribution is -2.65. The van der Waals surface area contributed by atoms with Crippen LogP contribution in [0.1, 0.15) is 130 Å². The zero-order chi connectivity index (χ0) is 52.1. The van der Waals surface area contributed by atoms with Crippen LogP contribution in [0.3, 0.4) is 0 Å². The van der Waals surface area contributed by atoms with Crippen molar-refractivity contribution >= 4 is 11.7 Å². The van der Waals surface area contributed by atoms with E-state index in [1.807, 2.05) is 67.6 Å². The number of Topliss-reactive ketones (excluding diaryl/α,β-unsaturated/α-hetero) is 1. The predicted molar refractivity (Wildman–Crippen MR) is 288 cm³/mol. The standard InChI is InChI=1S/C63H77N3O8/c1-39-11-4-5-30-74-38-46(18-7-14-40(2)13-6-12-39)53-36-48-19-10-28-62(73)29-27-51-41(3)55(69)35-45-17-9-20-52-57(45)58(61(72)66-60(52)64)65-37-56(70)47(32-42-21-23-49(67)24-22-42)33-43-15-8-16-44(31-43)34-50(68)25-26-54(51)63(48,62)59(53)71/h7-9,12,14-18,20-24,31,47-48,50,53-54,56,58-60,65,67-68,70-71,73H,2,6,10-11,13,19,25-30,32-38,64H2,1,3H3,(H,66,72). The number of fused-ring (bicyclic) bond motifs is 3. The Bertz CT molecular complexity index is 2760. The van der Waals surface area contributed by atoms with E-state index in [4.69, 9.17) is 10.5 Å². The minimum absolute atomic E-state index is 0.0149. The third kappa shape index (κ3) is 11.2. The molecule has 1 spiro atoms. The molecule has 2 bridgehead atoms. The van der Waals surface area contributed by atoms with Crippen LogP contribution < -0.4 is 16.4 Å². The average molecular weight is 1000 g/mol. The lowest BCUT2D eigenvalue weighted by atomic mass is 9.45. The van der Waals surface area contributed by atoms with Gasteiger partial charge in [-0.05, 0) is 165 Å². The van der Waals surface area contributed by atoms with E-state index >= 15 is 4.79 Å². The van der Waals surface area contributed by atoms with Crippen molar-refractivity contribution in [2.45, 2.75) is 146 Å². The van der Waals surface area contributed by atoms with E-state index in [0.29, 0.717) is 86.5 Å². The first-order valence-electron chi connectivity index (χ1n) is 27.1. The highest BCUT2D eigenvalue weighted by molar-refractivity contribution is 5.98. The topological polar surface area (TPSA) is 195 Å². The van der Waals surface area contributed by atoms with Gasteiger partial charge in [-0.1, -0.05) is 120 Å². The second-order valence-corrected chi connectivity index (χ2v) is 22.4. The Hall–Kier alpha value is -5.42. The maximum Gasteiger partial charge on any atom is 0.243 e. The Balaban J connectivity index is 1.12. The third-order valence-electron chi connectivity index (χ3n) is 17.8. The number of hydrogen-bond acceptors (Lipinski definition) is 10. The number of aliphatic hydroxyl groups is 4. The maximum atomic E-state index is 15.2. The average Bonchev–Trinajstić information content (AvgIpc) is 3.67. The highest BCUT2D eigenvalue weighted by Gasteiger charge is 2.70. The summed E-state index contributed by atoms with van der Waals surface area (Å²) < 4.78 is 6.27. The molecule has 6 aliphatic rings. The number of aromatic hydroxyl groups is 1. The molecule has 3 aliphatic heterocycles. The maximum absolute atomic E-state index is 15.2. The molecule has 392 valence electrons. The fraction of sp³-hybridized carbons (Fsp3) is 0.492. The molecule has 3 aromatic rings. The lowest BCUT2D eigenvalue weighted by Gasteiger charge is -2.61. The Kier molecular flexibility index (Phi) is 16.8. The van der Waals surface area contributed by atoms with E-state index < -0.39 is 47.5 Å². The first kappa shape index (κ1) is 53.4. The summed E-state index contributed by atoms with van der Waals surface area (Å²) in [6.45, 7) is 8.87. The van der Waals surface area contributed by atoms with Crippen LogP contribution in [0, 0.1) is 40.9 Å². The van der Waals surface area contributed by atoms with Crippen LogP contribution in [0.2, 0.25) is 0 Å². The summed E-state index contributed by atoms with van der Waals surface area (Å²) in [7, 11) is 0. The van der Waals surface area contributed by atoms with Crippen LogP contribution in [0.25, 0.3) is 0 Å². The molecule has 0 saturated heterocycles. The van der Waals surface area contributed by atoms with Crippen molar-refractivity contribution in [3.63, 3.8) is 0 Å². The van der Waals surface area contributed by atoms with Gasteiger partial charge in [0.25, 0.3) is 0 Å². The molecule has 11 unspecified atom stereocenters. The van der Waals surface area contributed by atoms with E-state index in [2.05, 4.69) is 54.2 Å². The van der Waals surface area contributed by atoms with Gasteiger partial charge in [-0.2, -0.15) is 0 Å². The molecule has 3 aliphatic carbocycles. The third-order valence-corrected chi connectivity index (χ3v) is 17.8. The summed E-state index contributed by atoms with van der Waals surface area (Å²) in [5.41, 5.74) is 13.9. The molecule has 3 heterocycles. The summed E-state index contributed by atoms with van der Waals surface area (Å²) in [5.74, 6) is 4.96. The predicted octanol–water partition coefficient (Wildman–Crippen LogP) is 8.20. The smallest absolute Gasteiger partial charge is 0.243 e. The number of phenolic OH excluding ortho intramolecular Hbond substituents is 1. The highest BCUT2D eigenvalue weighted by atomic mass is 16.5. The molecule has 1 amide bonds. The fourth-order valence-corrected chi connectivity index (χ4v) is 14.1. The van der Waals surface area contributed by atoms with Gasteiger partial charge in [0.2, 0.25) is 5.91 Å². The SMILES string of the molecule is C=C1C=CC=C(C2CC3CCCC4(O)CCC5=C(C)C(=O)Cc6cccc7c6C(NCC(O)C(Cc6ccc(O)cc6)Cc6cccc(c6)CC(O)CCC5C34C2O)C(=O)NC7N)COCC#CCC(C)=CCC1. The first-order valence-corrected chi connectivity index (χ1v) is 27.1. The molecule has 74 heavy (non-hydrogen) atoms. The number of ketones is 1. The molecule has 3 saturated carbocycles. The molecule has 11 nitrogen and oxygen atoms in total. The van der Waals surface area contributed by atoms with E-state index in [-0.39, 0.29) is 61.4 Å². The molecule has 11 heteroatoms. The zero-order valence-corrected chi connectivity index (χ0v) is 43.3. The number of nitrogens with two attached hydrogens (primary N) is 1. The van der Waals surface area contributed by atoms with Crippen LogP contribution in [0.5, 0.6) is 5.75 Å². The Labute approximate surface area is 437 Å². The second-order valence-electron chi connectivity index (χ2n) is 22.4. The number of carbonyl (C=O) groups is 2. The van der Waals surface area contributed by atoms with Gasteiger partial charge < -0.3 is 41.3 Å². The monoisotopic (exact) mass is 1000 g/mol. The molecule has 9 rings (SSSR count). The summed E-state index contributed by atoms with van der Waals surface area (Å²) in [5, 5.41) is 67.3. The van der Waals surface area contributed by atoms with Crippen LogP contribution in [0.15, 0.2) is 125 Å². The van der Waals surface area contributed by atoms with Crippen molar-refractivity contribution in [1.29, 1.82) is 0 Å². The van der Waals surface area contributed by atoms with Crippen molar-refractivity contribution in [2.75, 3.05) is 19.8 Å².